The number of carbonyl (C=O) groups is 4. The summed E-state index contributed by atoms with van der Waals surface area (Å²) in [5.41, 5.74) is 3.40. The maximum Gasteiger partial charge on any atom is 0.337 e. The van der Waals surface area contributed by atoms with Crippen LogP contribution in [-0.4, -0.2) is 42.2 Å². The summed E-state index contributed by atoms with van der Waals surface area (Å²) in [6.45, 7) is 0.310. The van der Waals surface area contributed by atoms with Crippen molar-refractivity contribution in [2.45, 2.75) is 19.0 Å². The Morgan fingerprint density at radius 3 is 2.31 bits per heavy atom. The molecule has 3 aromatic rings. The van der Waals surface area contributed by atoms with E-state index < -0.39 is 12.1 Å². The second kappa shape index (κ2) is 9.06. The molecule has 2 aliphatic heterocycles. The van der Waals surface area contributed by atoms with Crippen molar-refractivity contribution >= 4 is 35.1 Å². The predicted molar refractivity (Wildman–Crippen MR) is 129 cm³/mol. The van der Waals surface area contributed by atoms with Gasteiger partial charge in [-0.25, -0.2) is 4.79 Å². The molecular weight excluding hydrogens is 446 g/mol. The number of benzene rings is 3. The molecule has 3 aromatic carbocycles. The van der Waals surface area contributed by atoms with Gasteiger partial charge in [0.15, 0.2) is 0 Å². The van der Waals surface area contributed by atoms with Gasteiger partial charge in [-0.15, -0.1) is 0 Å². The quantitative estimate of drug-likeness (QED) is 0.551. The topological polar surface area (TPSA) is 96.0 Å². The molecule has 35 heavy (non-hydrogen) atoms. The van der Waals surface area contributed by atoms with Crippen LogP contribution in [0, 0.1) is 0 Å². The van der Waals surface area contributed by atoms with Crippen LogP contribution in [0.15, 0.2) is 72.8 Å². The summed E-state index contributed by atoms with van der Waals surface area (Å²) >= 11 is 0. The van der Waals surface area contributed by atoms with E-state index in [2.05, 4.69) is 10.1 Å². The molecular formula is C27H23N3O5. The summed E-state index contributed by atoms with van der Waals surface area (Å²) < 4.78 is 4.67. The fraction of sp³-hybridized carbons (Fsp3) is 0.185. The number of anilines is 2. The molecule has 5 rings (SSSR count). The predicted octanol–water partition coefficient (Wildman–Crippen LogP) is 4.01. The van der Waals surface area contributed by atoms with Crippen molar-refractivity contribution in [2.75, 3.05) is 23.9 Å². The Hall–Kier alpha value is -4.46. The van der Waals surface area contributed by atoms with E-state index in [4.69, 9.17) is 0 Å². The number of ether oxygens (including phenoxy) is 1. The maximum atomic E-state index is 13.4. The molecule has 0 saturated carbocycles. The van der Waals surface area contributed by atoms with Gasteiger partial charge in [0.05, 0.1) is 23.9 Å². The number of fused-ring (bicyclic) bond motifs is 5. The first-order valence-electron chi connectivity index (χ1n) is 11.3. The molecule has 8 heteroatoms. The molecule has 1 unspecified atom stereocenters. The van der Waals surface area contributed by atoms with Gasteiger partial charge in [-0.2, -0.15) is 0 Å². The third-order valence-corrected chi connectivity index (χ3v) is 6.28. The van der Waals surface area contributed by atoms with E-state index in [-0.39, 0.29) is 24.1 Å². The molecule has 176 valence electrons. The summed E-state index contributed by atoms with van der Waals surface area (Å²) in [6, 6.07) is 20.9. The smallest absolute Gasteiger partial charge is 0.337 e. The lowest BCUT2D eigenvalue weighted by Gasteiger charge is -2.41. The van der Waals surface area contributed by atoms with Crippen molar-refractivity contribution < 1.29 is 23.9 Å². The molecule has 0 aliphatic carbocycles. The summed E-state index contributed by atoms with van der Waals surface area (Å²) in [5.74, 6) is -0.953. The highest BCUT2D eigenvalue weighted by Gasteiger charge is 2.47. The Morgan fingerprint density at radius 2 is 1.57 bits per heavy atom. The minimum Gasteiger partial charge on any atom is -0.465 e. The summed E-state index contributed by atoms with van der Waals surface area (Å²) in [7, 11) is 1.31. The van der Waals surface area contributed by atoms with Gasteiger partial charge in [0.2, 0.25) is 5.91 Å². The molecule has 0 aromatic heterocycles. The zero-order valence-corrected chi connectivity index (χ0v) is 19.1. The van der Waals surface area contributed by atoms with Crippen LogP contribution in [-0.2, 0) is 9.53 Å². The van der Waals surface area contributed by atoms with Crippen LogP contribution in [0.1, 0.15) is 55.6 Å². The monoisotopic (exact) mass is 469 g/mol. The van der Waals surface area contributed by atoms with E-state index in [1.807, 2.05) is 24.3 Å². The van der Waals surface area contributed by atoms with E-state index in [0.717, 1.165) is 5.56 Å². The fourth-order valence-corrected chi connectivity index (χ4v) is 4.64. The molecule has 8 nitrogen and oxygen atoms in total. The van der Waals surface area contributed by atoms with Crippen LogP contribution in [0.5, 0.6) is 0 Å². The second-order valence-electron chi connectivity index (χ2n) is 8.37. The van der Waals surface area contributed by atoms with Crippen molar-refractivity contribution in [1.82, 2.24) is 4.90 Å². The summed E-state index contributed by atoms with van der Waals surface area (Å²) in [6.07, 6.45) is 0.0720. The van der Waals surface area contributed by atoms with Crippen molar-refractivity contribution in [1.29, 1.82) is 0 Å². The summed E-state index contributed by atoms with van der Waals surface area (Å²) in [4.78, 5) is 54.0. The number of methoxy groups -OCH3 is 1. The van der Waals surface area contributed by atoms with Crippen LogP contribution >= 0.6 is 0 Å². The minimum absolute atomic E-state index is 0.135. The van der Waals surface area contributed by atoms with Crippen molar-refractivity contribution in [3.63, 3.8) is 0 Å². The Bertz CT molecular complexity index is 1330. The zero-order valence-electron chi connectivity index (χ0n) is 19.1. The Balaban J connectivity index is 1.30. The molecule has 0 radical (unpaired) electrons. The molecule has 0 bridgehead atoms. The Labute approximate surface area is 202 Å². The van der Waals surface area contributed by atoms with Crippen LogP contribution in [0.4, 0.5) is 11.4 Å². The first-order chi connectivity index (χ1) is 17.0. The van der Waals surface area contributed by atoms with Gasteiger partial charge in [-0.1, -0.05) is 30.3 Å². The molecule has 1 N–H and O–H groups in total. The number of carbonyl (C=O) groups excluding carboxylic acids is 4. The molecule has 0 fully saturated rings. The van der Waals surface area contributed by atoms with Gasteiger partial charge in [-0.3, -0.25) is 19.3 Å². The van der Waals surface area contributed by atoms with Gasteiger partial charge in [-0.05, 0) is 48.9 Å². The largest absolute Gasteiger partial charge is 0.465 e. The standard InChI is InChI=1S/C27H23N3O5/c1-35-27(34)17-12-14-18(15-13-17)28-23(31)11-6-16-29-24-19-7-2-3-8-20(19)26(33)30(24)22-10-5-4-9-21(22)25(29)32/h2-5,7-10,12-15,24H,6,11,16H2,1H3,(H,28,31). The number of hydrogen-bond donors (Lipinski definition) is 1. The van der Waals surface area contributed by atoms with E-state index in [1.165, 1.54) is 7.11 Å². The molecule has 2 heterocycles. The van der Waals surface area contributed by atoms with Crippen molar-refractivity contribution in [3.05, 3.63) is 95.1 Å². The number of hydrogen-bond acceptors (Lipinski definition) is 5. The van der Waals surface area contributed by atoms with Gasteiger partial charge < -0.3 is 15.0 Å². The van der Waals surface area contributed by atoms with Crippen molar-refractivity contribution in [3.8, 4) is 0 Å². The number of para-hydroxylation sites is 1. The molecule has 2 aliphatic rings. The fourth-order valence-electron chi connectivity index (χ4n) is 4.64. The summed E-state index contributed by atoms with van der Waals surface area (Å²) in [5, 5.41) is 2.80. The third-order valence-electron chi connectivity index (χ3n) is 6.28. The lowest BCUT2D eigenvalue weighted by Crippen LogP contribution is -2.48. The highest BCUT2D eigenvalue weighted by Crippen LogP contribution is 2.45. The molecule has 0 saturated heterocycles. The molecule has 0 spiro atoms. The number of rotatable bonds is 6. The average Bonchev–Trinajstić information content (AvgIpc) is 3.18. The normalized spacial score (nSPS) is 15.9. The number of esters is 1. The average molecular weight is 469 g/mol. The Morgan fingerprint density at radius 1 is 0.886 bits per heavy atom. The van der Waals surface area contributed by atoms with Crippen LogP contribution in [0.3, 0.4) is 0 Å². The van der Waals surface area contributed by atoms with E-state index in [0.29, 0.717) is 41.0 Å². The van der Waals surface area contributed by atoms with Gasteiger partial charge in [0.25, 0.3) is 11.8 Å². The highest BCUT2D eigenvalue weighted by atomic mass is 16.5. The highest BCUT2D eigenvalue weighted by molar-refractivity contribution is 6.16. The lowest BCUT2D eigenvalue weighted by atomic mass is 10.0. The van der Waals surface area contributed by atoms with Crippen molar-refractivity contribution in [2.24, 2.45) is 0 Å². The molecule has 3 amide bonds. The van der Waals surface area contributed by atoms with Crippen LogP contribution in [0.2, 0.25) is 0 Å². The second-order valence-corrected chi connectivity index (χ2v) is 8.37. The van der Waals surface area contributed by atoms with Crippen LogP contribution in [0.25, 0.3) is 0 Å². The zero-order chi connectivity index (χ0) is 24.5. The van der Waals surface area contributed by atoms with E-state index >= 15 is 0 Å². The van der Waals surface area contributed by atoms with Gasteiger partial charge in [0, 0.05) is 29.8 Å². The first kappa shape index (κ1) is 22.3. The number of amides is 3. The van der Waals surface area contributed by atoms with Crippen LogP contribution < -0.4 is 10.2 Å². The minimum atomic E-state index is -0.532. The maximum absolute atomic E-state index is 13.4. The molecule has 1 atom stereocenters. The van der Waals surface area contributed by atoms with E-state index in [1.54, 1.807) is 58.3 Å². The third kappa shape index (κ3) is 3.93. The Kier molecular flexibility index (Phi) is 5.78. The lowest BCUT2D eigenvalue weighted by molar-refractivity contribution is -0.116. The number of nitrogens with zero attached hydrogens (tertiary/aromatic N) is 2. The van der Waals surface area contributed by atoms with E-state index in [9.17, 15) is 19.2 Å². The first-order valence-corrected chi connectivity index (χ1v) is 11.3. The SMILES string of the molecule is COC(=O)c1ccc(NC(=O)CCCN2C(=O)c3ccccc3N3C(=O)c4ccccc4C23)cc1. The number of nitrogens with one attached hydrogen (secondary N) is 1. The van der Waals surface area contributed by atoms with Gasteiger partial charge in [0.1, 0.15) is 6.17 Å². The van der Waals surface area contributed by atoms with Gasteiger partial charge >= 0.3 is 5.97 Å².